The summed E-state index contributed by atoms with van der Waals surface area (Å²) >= 11 is 0. The highest BCUT2D eigenvalue weighted by Crippen LogP contribution is 2.30. The molecular weight excluding hydrogens is 287 g/mol. The number of rotatable bonds is 1. The first-order valence-corrected chi connectivity index (χ1v) is 6.23. The molecule has 108 valence electrons. The van der Waals surface area contributed by atoms with Crippen LogP contribution in [0.15, 0.2) is 18.2 Å². The minimum absolute atomic E-state index is 0. The Morgan fingerprint density at radius 3 is 2.63 bits per heavy atom. The zero-order valence-corrected chi connectivity index (χ0v) is 12.4. The molecule has 0 unspecified atom stereocenters. The summed E-state index contributed by atoms with van der Waals surface area (Å²) in [4.78, 5) is 2.39. The molecule has 1 saturated heterocycles. The molecule has 0 bridgehead atoms. The van der Waals surface area contributed by atoms with Crippen molar-refractivity contribution in [3.05, 3.63) is 23.8 Å². The van der Waals surface area contributed by atoms with Crippen LogP contribution in [0, 0.1) is 0 Å². The minimum Gasteiger partial charge on any atom is -0.492 e. The number of fused-ring (bicyclic) bond motifs is 1. The standard InChI is InChI=1S/C13H18N2O2.2ClH/c1-2-12(15-5-8-16-9-6-15)11-10-14-4-7-17-13(11)3-1;;/h1-3,14H,4-10H2;2*1H. The van der Waals surface area contributed by atoms with E-state index in [0.717, 1.165) is 51.7 Å². The molecule has 0 aromatic heterocycles. The van der Waals surface area contributed by atoms with E-state index in [1.165, 1.54) is 11.3 Å². The number of anilines is 1. The summed E-state index contributed by atoms with van der Waals surface area (Å²) < 4.78 is 11.2. The molecule has 0 spiro atoms. The summed E-state index contributed by atoms with van der Waals surface area (Å²) in [5, 5.41) is 3.40. The SMILES string of the molecule is Cl.Cl.c1cc2c(c(N3CCOCC3)c1)CNCCO2. The summed E-state index contributed by atoms with van der Waals surface area (Å²) in [6.07, 6.45) is 0. The average Bonchev–Trinajstić information content (AvgIpc) is 2.64. The van der Waals surface area contributed by atoms with Gasteiger partial charge in [0.15, 0.2) is 0 Å². The van der Waals surface area contributed by atoms with Gasteiger partial charge < -0.3 is 19.7 Å². The molecule has 1 aromatic rings. The fourth-order valence-electron chi connectivity index (χ4n) is 2.41. The van der Waals surface area contributed by atoms with Crippen LogP contribution in [0.5, 0.6) is 5.75 Å². The molecule has 6 heteroatoms. The molecule has 19 heavy (non-hydrogen) atoms. The Kier molecular flexibility index (Phi) is 6.72. The molecule has 2 aliphatic rings. The third-order valence-electron chi connectivity index (χ3n) is 3.30. The summed E-state index contributed by atoms with van der Waals surface area (Å²) in [5.41, 5.74) is 2.58. The molecular formula is C13H20Cl2N2O2. The molecule has 1 aromatic carbocycles. The maximum atomic E-state index is 5.76. The number of ether oxygens (including phenoxy) is 2. The van der Waals surface area contributed by atoms with Crippen molar-refractivity contribution in [3.63, 3.8) is 0 Å². The molecule has 0 saturated carbocycles. The smallest absolute Gasteiger partial charge is 0.125 e. The van der Waals surface area contributed by atoms with Crippen LogP contribution in [0.4, 0.5) is 5.69 Å². The maximum absolute atomic E-state index is 5.76. The Bertz CT molecular complexity index is 398. The Morgan fingerprint density at radius 1 is 1.05 bits per heavy atom. The van der Waals surface area contributed by atoms with Crippen LogP contribution in [0.2, 0.25) is 0 Å². The highest BCUT2D eigenvalue weighted by atomic mass is 35.5. The first-order chi connectivity index (χ1) is 8.45. The lowest BCUT2D eigenvalue weighted by atomic mass is 10.1. The van der Waals surface area contributed by atoms with Gasteiger partial charge in [0, 0.05) is 37.4 Å². The summed E-state index contributed by atoms with van der Waals surface area (Å²) in [5.74, 6) is 1.03. The van der Waals surface area contributed by atoms with Gasteiger partial charge in [0.05, 0.1) is 13.2 Å². The monoisotopic (exact) mass is 306 g/mol. The molecule has 0 amide bonds. The van der Waals surface area contributed by atoms with Crippen molar-refractivity contribution in [2.75, 3.05) is 44.4 Å². The second-order valence-corrected chi connectivity index (χ2v) is 4.38. The van der Waals surface area contributed by atoms with E-state index in [0.29, 0.717) is 0 Å². The highest BCUT2D eigenvalue weighted by molar-refractivity contribution is 5.85. The van der Waals surface area contributed by atoms with Crippen molar-refractivity contribution in [3.8, 4) is 5.75 Å². The van der Waals surface area contributed by atoms with Crippen molar-refractivity contribution in [2.45, 2.75) is 6.54 Å². The third-order valence-corrected chi connectivity index (χ3v) is 3.30. The van der Waals surface area contributed by atoms with E-state index in [1.54, 1.807) is 0 Å². The summed E-state index contributed by atoms with van der Waals surface area (Å²) in [6.45, 7) is 6.13. The van der Waals surface area contributed by atoms with Gasteiger partial charge in [-0.2, -0.15) is 0 Å². The van der Waals surface area contributed by atoms with E-state index in [-0.39, 0.29) is 24.8 Å². The molecule has 2 heterocycles. The molecule has 0 radical (unpaired) electrons. The van der Waals surface area contributed by atoms with E-state index >= 15 is 0 Å². The summed E-state index contributed by atoms with van der Waals surface area (Å²) in [7, 11) is 0. The van der Waals surface area contributed by atoms with Crippen LogP contribution < -0.4 is 15.0 Å². The van der Waals surface area contributed by atoms with Crippen molar-refractivity contribution in [1.29, 1.82) is 0 Å². The maximum Gasteiger partial charge on any atom is 0.125 e. The average molecular weight is 307 g/mol. The van der Waals surface area contributed by atoms with E-state index in [9.17, 15) is 0 Å². The Labute approximate surface area is 126 Å². The number of nitrogens with one attached hydrogen (secondary N) is 1. The van der Waals surface area contributed by atoms with Crippen LogP contribution in [0.25, 0.3) is 0 Å². The van der Waals surface area contributed by atoms with Gasteiger partial charge in [0.1, 0.15) is 12.4 Å². The number of morpholine rings is 1. The van der Waals surface area contributed by atoms with Crippen LogP contribution in [0.3, 0.4) is 0 Å². The number of benzene rings is 1. The lowest BCUT2D eigenvalue weighted by Crippen LogP contribution is -2.37. The molecule has 1 fully saturated rings. The molecule has 3 rings (SSSR count). The predicted octanol–water partition coefficient (Wildman–Crippen LogP) is 1.85. The molecule has 0 aliphatic carbocycles. The first-order valence-electron chi connectivity index (χ1n) is 6.23. The zero-order valence-electron chi connectivity index (χ0n) is 10.8. The minimum atomic E-state index is 0. The second kappa shape index (κ2) is 7.80. The number of hydrogen-bond acceptors (Lipinski definition) is 4. The number of nitrogens with zero attached hydrogens (tertiary/aromatic N) is 1. The third kappa shape index (κ3) is 3.66. The lowest BCUT2D eigenvalue weighted by molar-refractivity contribution is 0.122. The van der Waals surface area contributed by atoms with Crippen molar-refractivity contribution >= 4 is 30.5 Å². The van der Waals surface area contributed by atoms with Gasteiger partial charge in [0.25, 0.3) is 0 Å². The first kappa shape index (κ1) is 16.4. The Morgan fingerprint density at radius 2 is 1.84 bits per heavy atom. The van der Waals surface area contributed by atoms with Gasteiger partial charge in [-0.1, -0.05) is 6.07 Å². The molecule has 4 nitrogen and oxygen atoms in total. The van der Waals surface area contributed by atoms with Gasteiger partial charge in [0.2, 0.25) is 0 Å². The van der Waals surface area contributed by atoms with Gasteiger partial charge in [-0.3, -0.25) is 0 Å². The molecule has 2 aliphatic heterocycles. The molecule has 0 atom stereocenters. The van der Waals surface area contributed by atoms with Gasteiger partial charge in [-0.15, -0.1) is 24.8 Å². The Hall–Kier alpha value is -0.680. The quantitative estimate of drug-likeness (QED) is 0.858. The van der Waals surface area contributed by atoms with Crippen molar-refractivity contribution in [2.24, 2.45) is 0 Å². The van der Waals surface area contributed by atoms with E-state index < -0.39 is 0 Å². The Balaban J connectivity index is 0.000000902. The van der Waals surface area contributed by atoms with Crippen LogP contribution in [-0.2, 0) is 11.3 Å². The van der Waals surface area contributed by atoms with E-state index in [1.807, 2.05) is 0 Å². The van der Waals surface area contributed by atoms with Crippen LogP contribution >= 0.6 is 24.8 Å². The predicted molar refractivity (Wildman–Crippen MR) is 81.2 cm³/mol. The topological polar surface area (TPSA) is 33.7 Å². The fourth-order valence-corrected chi connectivity index (χ4v) is 2.41. The van der Waals surface area contributed by atoms with Crippen molar-refractivity contribution in [1.82, 2.24) is 5.32 Å². The van der Waals surface area contributed by atoms with Gasteiger partial charge in [-0.25, -0.2) is 0 Å². The number of hydrogen-bond donors (Lipinski definition) is 1. The largest absolute Gasteiger partial charge is 0.492 e. The van der Waals surface area contributed by atoms with Gasteiger partial charge in [-0.05, 0) is 12.1 Å². The van der Waals surface area contributed by atoms with E-state index in [2.05, 4.69) is 28.4 Å². The lowest BCUT2D eigenvalue weighted by Gasteiger charge is -2.31. The van der Waals surface area contributed by atoms with Gasteiger partial charge >= 0.3 is 0 Å². The summed E-state index contributed by atoms with van der Waals surface area (Å²) in [6, 6.07) is 6.32. The second-order valence-electron chi connectivity index (χ2n) is 4.38. The van der Waals surface area contributed by atoms with E-state index in [4.69, 9.17) is 9.47 Å². The number of halogens is 2. The normalized spacial score (nSPS) is 18.2. The van der Waals surface area contributed by atoms with Crippen molar-refractivity contribution < 1.29 is 9.47 Å². The zero-order chi connectivity index (χ0) is 11.5. The highest BCUT2D eigenvalue weighted by Gasteiger charge is 2.18. The van der Waals surface area contributed by atoms with Crippen LogP contribution in [0.1, 0.15) is 5.56 Å². The fraction of sp³-hybridized carbons (Fsp3) is 0.538. The van der Waals surface area contributed by atoms with Crippen LogP contribution in [-0.4, -0.2) is 39.5 Å². The molecule has 1 N–H and O–H groups in total.